The quantitative estimate of drug-likeness (QED) is 0.643. The van der Waals surface area contributed by atoms with Crippen molar-refractivity contribution in [3.8, 4) is 0 Å². The minimum Gasteiger partial charge on any atom is -0.291 e. The first-order chi connectivity index (χ1) is 10.7. The summed E-state index contributed by atoms with van der Waals surface area (Å²) in [5, 5.41) is 0. The SMILES string of the molecule is O=C(c1ccccc1)C(c1ccccc1)N1C(=O)CCC1=O. The molecule has 2 amide bonds. The Morgan fingerprint density at radius 1 is 0.818 bits per heavy atom. The zero-order valence-electron chi connectivity index (χ0n) is 11.9. The van der Waals surface area contributed by atoms with Gasteiger partial charge in [-0.15, -0.1) is 0 Å². The smallest absolute Gasteiger partial charge is 0.230 e. The average Bonchev–Trinajstić information content (AvgIpc) is 2.89. The summed E-state index contributed by atoms with van der Waals surface area (Å²) in [5.74, 6) is -0.818. The van der Waals surface area contributed by atoms with Gasteiger partial charge < -0.3 is 0 Å². The lowest BCUT2D eigenvalue weighted by Gasteiger charge is -2.25. The molecule has 0 bridgehead atoms. The van der Waals surface area contributed by atoms with E-state index in [-0.39, 0.29) is 30.4 Å². The van der Waals surface area contributed by atoms with Gasteiger partial charge in [0.25, 0.3) is 0 Å². The van der Waals surface area contributed by atoms with E-state index in [1.165, 1.54) is 0 Å². The summed E-state index contributed by atoms with van der Waals surface area (Å²) in [5.41, 5.74) is 1.14. The van der Waals surface area contributed by atoms with Crippen molar-refractivity contribution in [3.63, 3.8) is 0 Å². The first-order valence-corrected chi connectivity index (χ1v) is 7.17. The Morgan fingerprint density at radius 3 is 1.86 bits per heavy atom. The Hall–Kier alpha value is -2.75. The van der Waals surface area contributed by atoms with E-state index in [2.05, 4.69) is 0 Å². The highest BCUT2D eigenvalue weighted by molar-refractivity contribution is 6.09. The third-order valence-electron chi connectivity index (χ3n) is 3.77. The normalized spacial score (nSPS) is 15.9. The fourth-order valence-corrected chi connectivity index (χ4v) is 2.70. The molecule has 4 heteroatoms. The van der Waals surface area contributed by atoms with Crippen LogP contribution < -0.4 is 0 Å². The fourth-order valence-electron chi connectivity index (χ4n) is 2.70. The summed E-state index contributed by atoms with van der Waals surface area (Å²) in [4.78, 5) is 38.2. The van der Waals surface area contributed by atoms with Crippen LogP contribution in [-0.2, 0) is 9.59 Å². The maximum Gasteiger partial charge on any atom is 0.230 e. The Kier molecular flexibility index (Phi) is 3.83. The van der Waals surface area contributed by atoms with Gasteiger partial charge in [-0.1, -0.05) is 60.7 Å². The topological polar surface area (TPSA) is 54.5 Å². The Morgan fingerprint density at radius 2 is 1.32 bits per heavy atom. The molecule has 4 nitrogen and oxygen atoms in total. The number of imide groups is 1. The van der Waals surface area contributed by atoms with Gasteiger partial charge in [0.1, 0.15) is 6.04 Å². The van der Waals surface area contributed by atoms with E-state index in [1.54, 1.807) is 48.5 Å². The highest BCUT2D eigenvalue weighted by Crippen LogP contribution is 2.30. The van der Waals surface area contributed by atoms with Gasteiger partial charge >= 0.3 is 0 Å². The standard InChI is InChI=1S/C18H15NO3/c20-15-11-12-16(21)19(15)17(13-7-3-1-4-8-13)18(22)14-9-5-2-6-10-14/h1-10,17H,11-12H2. The van der Waals surface area contributed by atoms with Gasteiger partial charge in [0, 0.05) is 18.4 Å². The molecule has 1 atom stereocenters. The van der Waals surface area contributed by atoms with Gasteiger partial charge in [-0.05, 0) is 5.56 Å². The van der Waals surface area contributed by atoms with Crippen LogP contribution in [0.4, 0.5) is 0 Å². The molecule has 2 aromatic rings. The summed E-state index contributed by atoms with van der Waals surface area (Å²) < 4.78 is 0. The number of carbonyl (C=O) groups is 3. The number of nitrogens with zero attached hydrogens (tertiary/aromatic N) is 1. The van der Waals surface area contributed by atoms with Crippen molar-refractivity contribution in [2.45, 2.75) is 18.9 Å². The number of Topliss-reactive ketones (excluding diaryl/α,β-unsaturated/α-hetero) is 1. The van der Waals surface area contributed by atoms with E-state index in [0.29, 0.717) is 11.1 Å². The number of ketones is 1. The van der Waals surface area contributed by atoms with Gasteiger partial charge in [-0.25, -0.2) is 0 Å². The third kappa shape index (κ3) is 2.55. The largest absolute Gasteiger partial charge is 0.291 e. The molecular formula is C18H15NO3. The van der Waals surface area contributed by atoms with Crippen LogP contribution in [0, 0.1) is 0 Å². The van der Waals surface area contributed by atoms with Crippen LogP contribution in [0.25, 0.3) is 0 Å². The zero-order chi connectivity index (χ0) is 15.5. The fraction of sp³-hybridized carbons (Fsp3) is 0.167. The third-order valence-corrected chi connectivity index (χ3v) is 3.77. The molecule has 0 aromatic heterocycles. The molecule has 2 aromatic carbocycles. The maximum absolute atomic E-state index is 12.9. The summed E-state index contributed by atoms with van der Waals surface area (Å²) >= 11 is 0. The van der Waals surface area contributed by atoms with Crippen LogP contribution >= 0.6 is 0 Å². The molecule has 1 aliphatic rings. The van der Waals surface area contributed by atoms with Gasteiger partial charge in [0.2, 0.25) is 11.8 Å². The second kappa shape index (κ2) is 5.93. The van der Waals surface area contributed by atoms with E-state index in [0.717, 1.165) is 4.90 Å². The predicted octanol–water partition coefficient (Wildman–Crippen LogP) is 2.76. The molecule has 0 aliphatic carbocycles. The van der Waals surface area contributed by atoms with Crippen LogP contribution in [0.2, 0.25) is 0 Å². The van der Waals surface area contributed by atoms with Crippen LogP contribution in [0.3, 0.4) is 0 Å². The van der Waals surface area contributed by atoms with Crippen LogP contribution in [0.15, 0.2) is 60.7 Å². The number of hydrogen-bond donors (Lipinski definition) is 0. The van der Waals surface area contributed by atoms with Gasteiger partial charge in [0.15, 0.2) is 5.78 Å². The molecule has 1 heterocycles. The van der Waals surface area contributed by atoms with Crippen molar-refractivity contribution in [1.29, 1.82) is 0 Å². The van der Waals surface area contributed by atoms with Crippen LogP contribution in [0.1, 0.15) is 34.8 Å². The van der Waals surface area contributed by atoms with Crippen molar-refractivity contribution in [1.82, 2.24) is 4.90 Å². The van der Waals surface area contributed by atoms with Gasteiger partial charge in [-0.2, -0.15) is 0 Å². The number of amides is 2. The minimum absolute atomic E-state index is 0.171. The highest BCUT2D eigenvalue weighted by atomic mass is 16.2. The summed E-state index contributed by atoms with van der Waals surface area (Å²) in [7, 11) is 0. The molecule has 3 rings (SSSR count). The molecule has 0 N–H and O–H groups in total. The van der Waals surface area contributed by atoms with Crippen molar-refractivity contribution >= 4 is 17.6 Å². The second-order valence-corrected chi connectivity index (χ2v) is 5.20. The molecule has 110 valence electrons. The Bertz CT molecular complexity index is 694. The lowest BCUT2D eigenvalue weighted by molar-refractivity contribution is -0.140. The highest BCUT2D eigenvalue weighted by Gasteiger charge is 2.39. The minimum atomic E-state index is -0.883. The summed E-state index contributed by atoms with van der Waals surface area (Å²) in [6.07, 6.45) is 0.342. The van der Waals surface area contributed by atoms with E-state index < -0.39 is 6.04 Å². The number of likely N-dealkylation sites (tertiary alicyclic amines) is 1. The molecule has 1 aliphatic heterocycles. The lowest BCUT2D eigenvalue weighted by Crippen LogP contribution is -2.38. The predicted molar refractivity (Wildman–Crippen MR) is 81.0 cm³/mol. The van der Waals surface area contributed by atoms with Gasteiger partial charge in [0.05, 0.1) is 0 Å². The zero-order valence-corrected chi connectivity index (χ0v) is 11.9. The number of rotatable bonds is 4. The van der Waals surface area contributed by atoms with E-state index in [4.69, 9.17) is 0 Å². The number of hydrogen-bond acceptors (Lipinski definition) is 3. The number of carbonyl (C=O) groups excluding carboxylic acids is 3. The monoisotopic (exact) mass is 293 g/mol. The Balaban J connectivity index is 2.06. The Labute approximate surface area is 128 Å². The molecule has 22 heavy (non-hydrogen) atoms. The maximum atomic E-state index is 12.9. The first kappa shape index (κ1) is 14.2. The molecule has 0 spiro atoms. The summed E-state index contributed by atoms with van der Waals surface area (Å²) in [6.45, 7) is 0. The van der Waals surface area contributed by atoms with E-state index in [1.807, 2.05) is 12.1 Å². The van der Waals surface area contributed by atoms with Crippen LogP contribution in [0.5, 0.6) is 0 Å². The molecule has 0 radical (unpaired) electrons. The van der Waals surface area contributed by atoms with Crippen molar-refractivity contribution in [3.05, 3.63) is 71.8 Å². The van der Waals surface area contributed by atoms with E-state index in [9.17, 15) is 14.4 Å². The van der Waals surface area contributed by atoms with Gasteiger partial charge in [-0.3, -0.25) is 19.3 Å². The molecular weight excluding hydrogens is 278 g/mol. The van der Waals surface area contributed by atoms with Crippen molar-refractivity contribution < 1.29 is 14.4 Å². The second-order valence-electron chi connectivity index (χ2n) is 5.20. The molecule has 1 fully saturated rings. The molecule has 1 saturated heterocycles. The molecule has 1 unspecified atom stereocenters. The number of benzene rings is 2. The average molecular weight is 293 g/mol. The van der Waals surface area contributed by atoms with E-state index >= 15 is 0 Å². The lowest BCUT2D eigenvalue weighted by atomic mass is 9.96. The van der Waals surface area contributed by atoms with Crippen LogP contribution in [-0.4, -0.2) is 22.5 Å². The first-order valence-electron chi connectivity index (χ1n) is 7.17. The molecule has 0 saturated carbocycles. The summed E-state index contributed by atoms with van der Waals surface area (Å²) in [6, 6.07) is 16.8. The van der Waals surface area contributed by atoms with Crippen molar-refractivity contribution in [2.24, 2.45) is 0 Å². The van der Waals surface area contributed by atoms with Crippen molar-refractivity contribution in [2.75, 3.05) is 0 Å².